The number of likely N-dealkylation sites (N-methyl/N-ethyl adjacent to an activating group) is 1. The number of phenols is 1. The number of piperazine rings is 1. The molecule has 14 heteroatoms. The van der Waals surface area contributed by atoms with Gasteiger partial charge in [-0.3, -0.25) is 19.4 Å². The largest absolute Gasteiger partial charge is 0.508 e. The molecular weight excluding hydrogens is 804 g/mol. The lowest BCUT2D eigenvalue weighted by Crippen LogP contribution is -2.53. The summed E-state index contributed by atoms with van der Waals surface area (Å²) in [4.78, 5) is 42.9. The van der Waals surface area contributed by atoms with Crippen LogP contribution in [0.25, 0.3) is 22.3 Å². The van der Waals surface area contributed by atoms with E-state index < -0.39 is 0 Å². The summed E-state index contributed by atoms with van der Waals surface area (Å²) in [6.07, 6.45) is 4.41. The third-order valence-corrected chi connectivity index (χ3v) is 11.4. The molecule has 300 valence electrons. The molecule has 6 aromatic rings. The number of aromatic hydroxyl groups is 1. The average Bonchev–Trinajstić information content (AvgIpc) is 3.70. The first kappa shape index (κ1) is 43.6. The van der Waals surface area contributed by atoms with Gasteiger partial charge in [0.2, 0.25) is 0 Å². The van der Waals surface area contributed by atoms with E-state index in [-0.39, 0.29) is 60.8 Å². The van der Waals surface area contributed by atoms with Crippen molar-refractivity contribution in [1.29, 1.82) is 0 Å². The van der Waals surface area contributed by atoms with Crippen LogP contribution in [0.1, 0.15) is 37.5 Å². The Bertz CT molecular complexity index is 2390. The minimum absolute atomic E-state index is 0. The Balaban J connectivity index is 0.00000207. The average molecular weight is 852 g/mol. The number of anilines is 2. The number of phenolic OH excluding ortho intramolecular Hbond substituents is 1. The van der Waals surface area contributed by atoms with E-state index in [1.807, 2.05) is 77.6 Å². The molecule has 2 aliphatic heterocycles. The number of benzene rings is 3. The van der Waals surface area contributed by atoms with E-state index in [1.165, 1.54) is 5.56 Å². The number of carbonyl (C=O) groups is 2. The molecule has 1 fully saturated rings. The number of carbonyl (C=O) groups excluding carboxylic acids is 2. The van der Waals surface area contributed by atoms with Crippen LogP contribution in [0.15, 0.2) is 97.3 Å². The topological polar surface area (TPSA) is 90.1 Å². The van der Waals surface area contributed by atoms with E-state index in [9.17, 15) is 14.7 Å². The lowest BCUT2D eigenvalue weighted by molar-refractivity contribution is 0.0536. The lowest BCUT2D eigenvalue weighted by Gasteiger charge is -2.41. The van der Waals surface area contributed by atoms with Crippen molar-refractivity contribution >= 4 is 83.0 Å². The maximum absolute atomic E-state index is 14.9. The Morgan fingerprint density at radius 3 is 2.26 bits per heavy atom. The Hall–Kier alpha value is -4.55. The van der Waals surface area contributed by atoms with E-state index in [4.69, 9.17) is 11.6 Å². The monoisotopic (exact) mass is 849 g/mol. The van der Waals surface area contributed by atoms with Crippen molar-refractivity contribution in [3.8, 4) is 17.0 Å². The number of rotatable bonds is 7. The number of hydrogen-bond acceptors (Lipinski definition) is 6. The van der Waals surface area contributed by atoms with E-state index in [1.54, 1.807) is 41.4 Å². The minimum Gasteiger partial charge on any atom is -0.508 e. The van der Waals surface area contributed by atoms with E-state index in [0.717, 1.165) is 61.4 Å². The SMILES string of the molecule is Cc1c(C(=O)N(c2ccc(O)cc2)c2cnc3c(ccn3C)c2)cc(-c2cc(Cl)ccc2C(=O)N2Cc3ccccc3C[C@H]2CN2CCN(C)CC2)n1C.Cl.Cl.Cl. The third-order valence-electron chi connectivity index (χ3n) is 11.2. The standard InChI is InChI=1S/C43H44ClN7O3.3ClH/c1-28-38(43(54)51(33-10-12-36(52)13-11-33)34-22-30-15-16-47(3)41(30)45-25-34)24-40(48(28)4)39-23-32(44)9-14-37(39)42(53)50-26-31-8-6-5-7-29(31)21-35(50)27-49-19-17-46(2)18-20-49;;;/h5-16,22-25,35,52H,17-21,26-27H2,1-4H3;3*1H/t35-;;;/m0.../s1. The lowest BCUT2D eigenvalue weighted by atomic mass is 9.92. The van der Waals surface area contributed by atoms with E-state index >= 15 is 0 Å². The zero-order chi connectivity index (χ0) is 37.7. The number of aromatic nitrogens is 3. The Labute approximate surface area is 356 Å². The fourth-order valence-electron chi connectivity index (χ4n) is 7.93. The highest BCUT2D eigenvalue weighted by molar-refractivity contribution is 6.31. The van der Waals surface area contributed by atoms with Crippen LogP contribution >= 0.6 is 48.8 Å². The Morgan fingerprint density at radius 2 is 1.54 bits per heavy atom. The number of aryl methyl sites for hydroxylation is 1. The predicted octanol–water partition coefficient (Wildman–Crippen LogP) is 8.30. The minimum atomic E-state index is -0.271. The molecule has 8 rings (SSSR count). The molecule has 2 aliphatic rings. The van der Waals surface area contributed by atoms with Gasteiger partial charge < -0.3 is 24.0 Å². The van der Waals surface area contributed by atoms with Gasteiger partial charge in [-0.05, 0) is 92.2 Å². The predicted molar refractivity (Wildman–Crippen MR) is 235 cm³/mol. The fraction of sp³-hybridized carbons (Fsp3) is 0.279. The summed E-state index contributed by atoms with van der Waals surface area (Å²) >= 11 is 6.68. The van der Waals surface area contributed by atoms with Gasteiger partial charge in [0.15, 0.2) is 0 Å². The van der Waals surface area contributed by atoms with Crippen molar-refractivity contribution in [3.05, 3.63) is 130 Å². The van der Waals surface area contributed by atoms with Crippen molar-refractivity contribution in [3.63, 3.8) is 0 Å². The van der Waals surface area contributed by atoms with Gasteiger partial charge in [-0.15, -0.1) is 37.2 Å². The van der Waals surface area contributed by atoms with Crippen LogP contribution in [-0.4, -0.2) is 91.6 Å². The first-order valence-corrected chi connectivity index (χ1v) is 18.7. The van der Waals surface area contributed by atoms with Crippen LogP contribution in [0, 0.1) is 6.92 Å². The van der Waals surface area contributed by atoms with Gasteiger partial charge in [-0.25, -0.2) is 4.98 Å². The summed E-state index contributed by atoms with van der Waals surface area (Å²) in [5.74, 6) is -0.232. The molecule has 1 atom stereocenters. The second kappa shape index (κ2) is 17.9. The highest BCUT2D eigenvalue weighted by Gasteiger charge is 2.34. The van der Waals surface area contributed by atoms with Gasteiger partial charge >= 0.3 is 0 Å². The molecule has 10 nitrogen and oxygen atoms in total. The zero-order valence-electron chi connectivity index (χ0n) is 32.3. The summed E-state index contributed by atoms with van der Waals surface area (Å²) in [7, 11) is 5.99. The summed E-state index contributed by atoms with van der Waals surface area (Å²) in [6, 6.07) is 26.2. The number of amides is 2. The molecule has 1 saturated heterocycles. The number of hydrogen-bond donors (Lipinski definition) is 1. The zero-order valence-corrected chi connectivity index (χ0v) is 35.5. The second-order valence-corrected chi connectivity index (χ2v) is 15.1. The van der Waals surface area contributed by atoms with Gasteiger partial charge in [0, 0.05) is 104 Å². The summed E-state index contributed by atoms with van der Waals surface area (Å²) in [5.41, 5.74) is 7.52. The molecule has 3 aromatic carbocycles. The Kier molecular flexibility index (Phi) is 13.7. The molecular formula is C43H47Cl4N7O3. The fourth-order valence-corrected chi connectivity index (χ4v) is 8.10. The maximum atomic E-state index is 14.9. The van der Waals surface area contributed by atoms with Crippen LogP contribution in [-0.2, 0) is 27.1 Å². The first-order valence-electron chi connectivity index (χ1n) is 18.3. The molecule has 5 heterocycles. The molecule has 0 spiro atoms. The molecule has 0 bridgehead atoms. The summed E-state index contributed by atoms with van der Waals surface area (Å²) < 4.78 is 3.89. The van der Waals surface area contributed by atoms with Crippen molar-refractivity contribution in [2.45, 2.75) is 25.9 Å². The quantitative estimate of drug-likeness (QED) is 0.174. The number of halogens is 4. The number of fused-ring (bicyclic) bond motifs is 2. The van der Waals surface area contributed by atoms with E-state index in [2.05, 4.69) is 40.0 Å². The molecule has 57 heavy (non-hydrogen) atoms. The molecule has 3 aromatic heterocycles. The maximum Gasteiger partial charge on any atom is 0.264 e. The number of pyridine rings is 1. The van der Waals surface area contributed by atoms with Crippen molar-refractivity contribution < 1.29 is 14.7 Å². The van der Waals surface area contributed by atoms with Gasteiger partial charge in [0.05, 0.1) is 17.4 Å². The van der Waals surface area contributed by atoms with Gasteiger partial charge in [0.1, 0.15) is 11.4 Å². The normalized spacial score (nSPS) is 15.6. The molecule has 0 saturated carbocycles. The highest BCUT2D eigenvalue weighted by atomic mass is 35.5. The van der Waals surface area contributed by atoms with Crippen LogP contribution in [0.2, 0.25) is 5.02 Å². The van der Waals surface area contributed by atoms with Gasteiger partial charge in [-0.2, -0.15) is 0 Å². The molecule has 0 unspecified atom stereocenters. The van der Waals surface area contributed by atoms with Crippen LogP contribution in [0.4, 0.5) is 11.4 Å². The molecule has 1 N–H and O–H groups in total. The van der Waals surface area contributed by atoms with Crippen LogP contribution in [0.5, 0.6) is 5.75 Å². The first-order chi connectivity index (χ1) is 26.0. The van der Waals surface area contributed by atoms with Crippen LogP contribution < -0.4 is 4.90 Å². The van der Waals surface area contributed by atoms with Crippen molar-refractivity contribution in [1.82, 2.24) is 28.8 Å². The molecule has 0 aliphatic carbocycles. The summed E-state index contributed by atoms with van der Waals surface area (Å²) in [6.45, 7) is 7.19. The molecule has 0 radical (unpaired) electrons. The highest BCUT2D eigenvalue weighted by Crippen LogP contribution is 2.36. The van der Waals surface area contributed by atoms with Crippen molar-refractivity contribution in [2.75, 3.05) is 44.7 Å². The smallest absolute Gasteiger partial charge is 0.264 e. The summed E-state index contributed by atoms with van der Waals surface area (Å²) in [5, 5.41) is 11.5. The third kappa shape index (κ3) is 8.53. The number of nitrogens with zero attached hydrogens (tertiary/aromatic N) is 7. The second-order valence-electron chi connectivity index (χ2n) is 14.6. The van der Waals surface area contributed by atoms with E-state index in [0.29, 0.717) is 45.3 Å². The molecule has 2 amide bonds. The van der Waals surface area contributed by atoms with Crippen molar-refractivity contribution in [2.24, 2.45) is 14.1 Å². The Morgan fingerprint density at radius 1 is 0.842 bits per heavy atom. The van der Waals surface area contributed by atoms with Gasteiger partial charge in [-0.1, -0.05) is 35.9 Å². The van der Waals surface area contributed by atoms with Crippen LogP contribution in [0.3, 0.4) is 0 Å². The van der Waals surface area contributed by atoms with Gasteiger partial charge in [0.25, 0.3) is 11.8 Å².